The number of nitrogens with zero attached hydrogens (tertiary/aromatic N) is 3. The molecule has 2 fully saturated rings. The molecule has 3 N–H and O–H groups in total. The molecule has 3 aliphatic rings. The lowest BCUT2D eigenvalue weighted by Gasteiger charge is -2.38. The molecule has 2 unspecified atom stereocenters. The molecule has 0 bridgehead atoms. The first kappa shape index (κ1) is 16.0. The molecule has 2 amide bonds. The summed E-state index contributed by atoms with van der Waals surface area (Å²) in [5, 5.41) is 2.85. The first-order valence-electron chi connectivity index (χ1n) is 8.29. The van der Waals surface area contributed by atoms with E-state index in [4.69, 9.17) is 0 Å². The van der Waals surface area contributed by atoms with Gasteiger partial charge in [0.15, 0.2) is 0 Å². The number of rotatable bonds is 1. The molecule has 0 aliphatic carbocycles. The third-order valence-electron chi connectivity index (χ3n) is 4.74. The van der Waals surface area contributed by atoms with Crippen LogP contribution in [-0.2, 0) is 4.79 Å². The zero-order valence-electron chi connectivity index (χ0n) is 13.5. The molecule has 1 aromatic carbocycles. The van der Waals surface area contributed by atoms with E-state index in [0.717, 1.165) is 0 Å². The lowest BCUT2D eigenvalue weighted by Crippen LogP contribution is -2.58. The van der Waals surface area contributed by atoms with Crippen molar-refractivity contribution in [1.82, 2.24) is 26.0 Å². The highest BCUT2D eigenvalue weighted by molar-refractivity contribution is 6.00. The maximum absolute atomic E-state index is 13.0. The largest absolute Gasteiger partial charge is 0.339 e. The lowest BCUT2D eigenvalue weighted by atomic mass is 10.1. The van der Waals surface area contributed by atoms with E-state index in [1.165, 1.54) is 24.3 Å². The van der Waals surface area contributed by atoms with Gasteiger partial charge in [-0.1, -0.05) is 0 Å². The monoisotopic (exact) mass is 346 g/mol. The smallest absolute Gasteiger partial charge is 0.253 e. The predicted octanol–water partition coefficient (Wildman–Crippen LogP) is -0.881. The molecule has 0 saturated carbocycles. The zero-order valence-corrected chi connectivity index (χ0v) is 13.5. The average molecular weight is 346 g/mol. The molecule has 1 aromatic rings. The Balaban J connectivity index is 1.39. The van der Waals surface area contributed by atoms with Gasteiger partial charge in [-0.25, -0.2) is 14.8 Å². The molecule has 4 rings (SSSR count). The van der Waals surface area contributed by atoms with E-state index in [-0.39, 0.29) is 29.7 Å². The molecular weight excluding hydrogens is 327 g/mol. The van der Waals surface area contributed by atoms with Crippen molar-refractivity contribution in [2.24, 2.45) is 10.9 Å². The maximum Gasteiger partial charge on any atom is 0.253 e. The van der Waals surface area contributed by atoms with E-state index in [9.17, 15) is 14.0 Å². The van der Waals surface area contributed by atoms with Crippen molar-refractivity contribution in [2.75, 3.05) is 32.7 Å². The molecule has 0 aromatic heterocycles. The Hall–Kier alpha value is -2.52. The van der Waals surface area contributed by atoms with Gasteiger partial charge in [-0.15, -0.1) is 0 Å². The highest BCUT2D eigenvalue weighted by Gasteiger charge is 2.38. The van der Waals surface area contributed by atoms with E-state index in [0.29, 0.717) is 44.2 Å². The number of nitrogens with one attached hydrogen (secondary N) is 3. The Bertz CT molecular complexity index is 714. The van der Waals surface area contributed by atoms with E-state index < -0.39 is 0 Å². The second kappa shape index (κ2) is 6.41. The number of guanidine groups is 1. The molecule has 25 heavy (non-hydrogen) atoms. The van der Waals surface area contributed by atoms with Crippen LogP contribution in [-0.4, -0.2) is 66.5 Å². The molecule has 2 atom stereocenters. The van der Waals surface area contributed by atoms with Gasteiger partial charge in [-0.05, 0) is 24.3 Å². The number of aliphatic imine (C=N–C) groups is 1. The van der Waals surface area contributed by atoms with Gasteiger partial charge < -0.3 is 9.80 Å². The van der Waals surface area contributed by atoms with Crippen LogP contribution in [0.5, 0.6) is 0 Å². The first-order chi connectivity index (χ1) is 12.1. The third-order valence-corrected chi connectivity index (χ3v) is 4.74. The lowest BCUT2D eigenvalue weighted by molar-refractivity contribution is -0.124. The number of benzene rings is 1. The molecule has 8 nitrogen and oxygen atoms in total. The number of hydrogen-bond acceptors (Lipinski definition) is 6. The van der Waals surface area contributed by atoms with Crippen LogP contribution in [0.25, 0.3) is 0 Å². The second-order valence-corrected chi connectivity index (χ2v) is 6.30. The van der Waals surface area contributed by atoms with Crippen LogP contribution in [0, 0.1) is 11.7 Å². The van der Waals surface area contributed by atoms with E-state index in [2.05, 4.69) is 21.2 Å². The number of carbonyl (C=O) groups is 2. The number of halogens is 1. The molecule has 132 valence electrons. The van der Waals surface area contributed by atoms with Crippen molar-refractivity contribution in [1.29, 1.82) is 0 Å². The minimum absolute atomic E-state index is 0.0441. The van der Waals surface area contributed by atoms with Crippen molar-refractivity contribution < 1.29 is 14.0 Å². The summed E-state index contributed by atoms with van der Waals surface area (Å²) >= 11 is 0. The van der Waals surface area contributed by atoms with Gasteiger partial charge in [0.1, 0.15) is 12.0 Å². The normalized spacial score (nSPS) is 26.1. The number of fused-ring (bicyclic) bond motifs is 1. The first-order valence-corrected chi connectivity index (χ1v) is 8.29. The minimum atomic E-state index is -0.360. The number of amides is 2. The SMILES string of the molecule is O=C1NC(N2CCN(C(=O)c3ccc(F)cc3)CC2)=NC2NNCC12. The van der Waals surface area contributed by atoms with Crippen molar-refractivity contribution in [3.8, 4) is 0 Å². The van der Waals surface area contributed by atoms with Crippen LogP contribution in [0.4, 0.5) is 4.39 Å². The Labute approximate surface area is 144 Å². The number of hydrogen-bond donors (Lipinski definition) is 3. The highest BCUT2D eigenvalue weighted by atomic mass is 19.1. The van der Waals surface area contributed by atoms with Crippen LogP contribution in [0.3, 0.4) is 0 Å². The van der Waals surface area contributed by atoms with E-state index in [1.54, 1.807) is 4.90 Å². The Morgan fingerprint density at radius 2 is 1.88 bits per heavy atom. The Morgan fingerprint density at radius 3 is 2.60 bits per heavy atom. The minimum Gasteiger partial charge on any atom is -0.339 e. The number of carbonyl (C=O) groups excluding carboxylic acids is 2. The van der Waals surface area contributed by atoms with Gasteiger partial charge in [0.25, 0.3) is 5.91 Å². The molecule has 9 heteroatoms. The van der Waals surface area contributed by atoms with E-state index in [1.807, 2.05) is 4.90 Å². The third kappa shape index (κ3) is 3.08. The van der Waals surface area contributed by atoms with E-state index >= 15 is 0 Å². The Kier molecular flexibility index (Phi) is 4.10. The number of piperazine rings is 1. The van der Waals surface area contributed by atoms with Crippen LogP contribution < -0.4 is 16.2 Å². The van der Waals surface area contributed by atoms with Gasteiger partial charge in [-0.3, -0.25) is 20.3 Å². The molecular formula is C16H19FN6O2. The highest BCUT2D eigenvalue weighted by Crippen LogP contribution is 2.16. The van der Waals surface area contributed by atoms with Crippen LogP contribution in [0.1, 0.15) is 10.4 Å². The summed E-state index contributed by atoms with van der Waals surface area (Å²) in [5.41, 5.74) is 6.41. The quantitative estimate of drug-likeness (QED) is 0.615. The van der Waals surface area contributed by atoms with Gasteiger partial charge >= 0.3 is 0 Å². The molecule has 0 radical (unpaired) electrons. The van der Waals surface area contributed by atoms with Crippen molar-refractivity contribution in [3.63, 3.8) is 0 Å². The van der Waals surface area contributed by atoms with Gasteiger partial charge in [0.05, 0.1) is 5.92 Å². The summed E-state index contributed by atoms with van der Waals surface area (Å²) < 4.78 is 13.0. The second-order valence-electron chi connectivity index (χ2n) is 6.30. The summed E-state index contributed by atoms with van der Waals surface area (Å²) in [6, 6.07) is 5.56. The summed E-state index contributed by atoms with van der Waals surface area (Å²) in [6.45, 7) is 2.76. The number of hydrazine groups is 1. The zero-order chi connectivity index (χ0) is 17.4. The summed E-state index contributed by atoms with van der Waals surface area (Å²) in [4.78, 5) is 32.8. The summed E-state index contributed by atoms with van der Waals surface area (Å²) in [7, 11) is 0. The molecule has 3 aliphatic heterocycles. The maximum atomic E-state index is 13.0. The Morgan fingerprint density at radius 1 is 1.16 bits per heavy atom. The summed E-state index contributed by atoms with van der Waals surface area (Å²) in [5.74, 6) is -0.157. The average Bonchev–Trinajstić information content (AvgIpc) is 3.11. The standard InChI is InChI=1S/C16H19FN6O2/c17-11-3-1-10(2-4-11)15(25)22-5-7-23(8-6-22)16-19-13-12(9-18-21-13)14(24)20-16/h1-4,12-13,18,21H,5-9H2,(H,19,20,24). The topological polar surface area (TPSA) is 89.1 Å². The molecule has 2 saturated heterocycles. The van der Waals surface area contributed by atoms with Crippen molar-refractivity contribution >= 4 is 17.8 Å². The fraction of sp³-hybridized carbons (Fsp3) is 0.438. The van der Waals surface area contributed by atoms with Crippen LogP contribution in [0.2, 0.25) is 0 Å². The molecule has 0 spiro atoms. The fourth-order valence-corrected chi connectivity index (χ4v) is 3.27. The van der Waals surface area contributed by atoms with Gasteiger partial charge in [0, 0.05) is 38.3 Å². The molecule has 3 heterocycles. The fourth-order valence-electron chi connectivity index (χ4n) is 3.27. The van der Waals surface area contributed by atoms with Crippen LogP contribution in [0.15, 0.2) is 29.3 Å². The predicted molar refractivity (Wildman–Crippen MR) is 87.9 cm³/mol. The van der Waals surface area contributed by atoms with Gasteiger partial charge in [-0.2, -0.15) is 0 Å². The summed E-state index contributed by atoms with van der Waals surface area (Å²) in [6.07, 6.45) is -0.248. The van der Waals surface area contributed by atoms with Crippen LogP contribution >= 0.6 is 0 Å². The van der Waals surface area contributed by atoms with Gasteiger partial charge in [0.2, 0.25) is 11.9 Å². The van der Waals surface area contributed by atoms with Crippen molar-refractivity contribution in [2.45, 2.75) is 6.17 Å². The van der Waals surface area contributed by atoms with Crippen molar-refractivity contribution in [3.05, 3.63) is 35.6 Å².